The topological polar surface area (TPSA) is 104 Å². The van der Waals surface area contributed by atoms with E-state index in [9.17, 15) is 4.79 Å². The summed E-state index contributed by atoms with van der Waals surface area (Å²) >= 11 is 0. The number of nitrogens with one attached hydrogen (secondary N) is 2. The van der Waals surface area contributed by atoms with Crippen molar-refractivity contribution in [3.63, 3.8) is 0 Å². The first-order valence-electron chi connectivity index (χ1n) is 12.3. The van der Waals surface area contributed by atoms with Gasteiger partial charge >= 0.3 is 0 Å². The Balaban J connectivity index is 1.38. The molecule has 1 fully saturated rings. The van der Waals surface area contributed by atoms with Crippen LogP contribution in [0.2, 0.25) is 0 Å². The van der Waals surface area contributed by atoms with Crippen molar-refractivity contribution in [2.75, 3.05) is 32.6 Å². The van der Waals surface area contributed by atoms with Crippen LogP contribution in [-0.2, 0) is 0 Å². The average Bonchev–Trinajstić information content (AvgIpc) is 3.75. The summed E-state index contributed by atoms with van der Waals surface area (Å²) in [6.45, 7) is 1.04. The Bertz CT molecular complexity index is 1490. The van der Waals surface area contributed by atoms with Crippen molar-refractivity contribution in [2.45, 2.75) is 18.9 Å². The predicted molar refractivity (Wildman–Crippen MR) is 140 cm³/mol. The lowest BCUT2D eigenvalue weighted by molar-refractivity contribution is 0.102. The van der Waals surface area contributed by atoms with Gasteiger partial charge in [-0.1, -0.05) is 0 Å². The number of carbonyl (C=O) groups is 1. The number of benzene rings is 2. The fourth-order valence-corrected chi connectivity index (χ4v) is 3.81. The van der Waals surface area contributed by atoms with E-state index in [2.05, 4.69) is 20.6 Å². The second-order valence-corrected chi connectivity index (χ2v) is 8.80. The molecule has 2 N–H and O–H groups in total. The number of hydrogen-bond acceptors (Lipinski definition) is 8. The molecule has 1 amide bonds. The van der Waals surface area contributed by atoms with Crippen LogP contribution >= 0.6 is 0 Å². The Morgan fingerprint density at radius 3 is 2.51 bits per heavy atom. The molecular weight excluding hydrogens is 510 g/mol. The number of carbonyl (C=O) groups excluding carboxylic acids is 1. The number of likely N-dealkylation sites (N-methyl/N-ethyl adjacent to an activating group) is 1. The summed E-state index contributed by atoms with van der Waals surface area (Å²) < 4.78 is 52.7. The van der Waals surface area contributed by atoms with Crippen molar-refractivity contribution in [2.24, 2.45) is 0 Å². The molecule has 11 heteroatoms. The predicted octanol–water partition coefficient (Wildman–Crippen LogP) is 5.10. The minimum Gasteiger partial charge on any atom is -0.493 e. The number of fused-ring (bicyclic) bond motifs is 1. The van der Waals surface area contributed by atoms with Crippen molar-refractivity contribution in [3.05, 3.63) is 72.2 Å². The summed E-state index contributed by atoms with van der Waals surface area (Å²) in [6.07, 6.45) is 6.19. The van der Waals surface area contributed by atoms with E-state index in [0.29, 0.717) is 41.3 Å². The molecule has 0 radical (unpaired) electrons. The monoisotopic (exact) mass is 536 g/mol. The van der Waals surface area contributed by atoms with Gasteiger partial charge < -0.3 is 29.6 Å². The molecule has 39 heavy (non-hydrogen) atoms. The quantitative estimate of drug-likeness (QED) is 0.255. The van der Waals surface area contributed by atoms with Gasteiger partial charge in [0.25, 0.3) is 5.91 Å². The molecule has 2 aromatic heterocycles. The Morgan fingerprint density at radius 1 is 1.03 bits per heavy atom. The first-order chi connectivity index (χ1) is 19.0. The zero-order valence-electron chi connectivity index (χ0n) is 21.3. The minimum atomic E-state index is -1.00. The molecule has 202 valence electrons. The number of amides is 1. The van der Waals surface area contributed by atoms with Gasteiger partial charge in [-0.25, -0.2) is 8.78 Å². The number of pyridine rings is 2. The van der Waals surface area contributed by atoms with Gasteiger partial charge in [0.05, 0.1) is 24.3 Å². The van der Waals surface area contributed by atoms with Crippen LogP contribution in [0.25, 0.3) is 10.9 Å². The lowest BCUT2D eigenvalue weighted by Crippen LogP contribution is -2.16. The number of aromatic nitrogens is 2. The summed E-state index contributed by atoms with van der Waals surface area (Å²) in [7, 11) is 3.30. The Morgan fingerprint density at radius 2 is 1.79 bits per heavy atom. The van der Waals surface area contributed by atoms with Gasteiger partial charge in [0, 0.05) is 54.4 Å². The lowest BCUT2D eigenvalue weighted by Gasteiger charge is -2.15. The smallest absolute Gasteiger partial charge is 0.261 e. The third-order valence-corrected chi connectivity index (χ3v) is 5.91. The zero-order chi connectivity index (χ0) is 27.4. The third-order valence-electron chi connectivity index (χ3n) is 5.91. The second-order valence-electron chi connectivity index (χ2n) is 8.80. The van der Waals surface area contributed by atoms with E-state index in [0.717, 1.165) is 25.0 Å². The van der Waals surface area contributed by atoms with Gasteiger partial charge in [-0.15, -0.1) is 0 Å². The van der Waals surface area contributed by atoms with Crippen LogP contribution in [0.1, 0.15) is 23.2 Å². The average molecular weight is 537 g/mol. The van der Waals surface area contributed by atoms with Crippen molar-refractivity contribution in [1.82, 2.24) is 15.3 Å². The number of methoxy groups -OCH3 is 1. The van der Waals surface area contributed by atoms with Gasteiger partial charge in [-0.3, -0.25) is 14.8 Å². The van der Waals surface area contributed by atoms with E-state index < -0.39 is 23.3 Å². The van der Waals surface area contributed by atoms with Crippen LogP contribution in [0.5, 0.6) is 28.7 Å². The lowest BCUT2D eigenvalue weighted by atomic mass is 10.1. The first kappa shape index (κ1) is 26.1. The molecule has 1 saturated carbocycles. The molecule has 5 rings (SSSR count). The fourth-order valence-electron chi connectivity index (χ4n) is 3.81. The SMILES string of the molecule is CNCCOc1cc2nccc(Oc3c(F)cc(NC(=O)c4cnccc4OC4CC4)cc3F)c2cc1OC. The summed E-state index contributed by atoms with van der Waals surface area (Å²) in [5.41, 5.74) is 0.559. The van der Waals surface area contributed by atoms with E-state index in [1.807, 2.05) is 7.05 Å². The Hall–Kier alpha value is -4.51. The fraction of sp³-hybridized carbons (Fsp3) is 0.250. The third kappa shape index (κ3) is 5.99. The van der Waals surface area contributed by atoms with Crippen LogP contribution in [-0.4, -0.2) is 49.3 Å². The molecule has 1 aliphatic carbocycles. The van der Waals surface area contributed by atoms with Crippen LogP contribution in [0, 0.1) is 11.6 Å². The molecule has 2 heterocycles. The highest BCUT2D eigenvalue weighted by Gasteiger charge is 2.26. The highest BCUT2D eigenvalue weighted by molar-refractivity contribution is 6.06. The summed E-state index contributed by atoms with van der Waals surface area (Å²) in [5, 5.41) is 5.95. The number of rotatable bonds is 11. The maximum Gasteiger partial charge on any atom is 0.261 e. The van der Waals surface area contributed by atoms with E-state index in [4.69, 9.17) is 18.9 Å². The van der Waals surface area contributed by atoms with Crippen LogP contribution in [0.15, 0.2) is 55.0 Å². The minimum absolute atomic E-state index is 0.0620. The van der Waals surface area contributed by atoms with Crippen LogP contribution < -0.4 is 29.6 Å². The van der Waals surface area contributed by atoms with E-state index in [1.165, 1.54) is 31.8 Å². The number of nitrogens with zero attached hydrogens (tertiary/aromatic N) is 2. The van der Waals surface area contributed by atoms with Crippen molar-refractivity contribution in [3.8, 4) is 28.7 Å². The normalized spacial score (nSPS) is 12.7. The van der Waals surface area contributed by atoms with Crippen molar-refractivity contribution in [1.29, 1.82) is 0 Å². The number of anilines is 1. The first-order valence-corrected chi connectivity index (χ1v) is 12.3. The van der Waals surface area contributed by atoms with Gasteiger partial charge in [-0.05, 0) is 38.1 Å². The standard InChI is InChI=1S/C28H26F2N4O5/c1-31-9-10-37-26-14-22-18(13-25(26)36-2)23(6-8-33-22)39-27-20(29)11-16(12-21(27)30)34-28(35)19-15-32-7-5-24(19)38-17-3-4-17/h5-8,11-15,17,31H,3-4,9-10H2,1-2H3,(H,34,35). The number of ether oxygens (including phenoxy) is 4. The maximum atomic E-state index is 15.1. The molecule has 4 aromatic rings. The van der Waals surface area contributed by atoms with Crippen molar-refractivity contribution < 1.29 is 32.5 Å². The van der Waals surface area contributed by atoms with Gasteiger partial charge in [0.1, 0.15) is 18.1 Å². The zero-order valence-corrected chi connectivity index (χ0v) is 21.3. The van der Waals surface area contributed by atoms with Gasteiger partial charge in [0.15, 0.2) is 28.9 Å². The van der Waals surface area contributed by atoms with E-state index in [1.54, 1.807) is 18.2 Å². The molecule has 0 atom stereocenters. The molecular formula is C28H26F2N4O5. The maximum absolute atomic E-state index is 15.1. The van der Waals surface area contributed by atoms with Gasteiger partial charge in [-0.2, -0.15) is 0 Å². The van der Waals surface area contributed by atoms with E-state index in [-0.39, 0.29) is 23.1 Å². The molecule has 1 aliphatic rings. The molecule has 0 unspecified atom stereocenters. The summed E-state index contributed by atoms with van der Waals surface area (Å²) in [4.78, 5) is 21.1. The molecule has 0 bridgehead atoms. The van der Waals surface area contributed by atoms with Gasteiger partial charge in [0.2, 0.25) is 0 Å². The molecule has 0 saturated heterocycles. The molecule has 2 aromatic carbocycles. The number of halogens is 2. The summed E-state index contributed by atoms with van der Waals surface area (Å²) in [6, 6.07) is 8.32. The van der Waals surface area contributed by atoms with Crippen LogP contribution in [0.4, 0.5) is 14.5 Å². The van der Waals surface area contributed by atoms with Crippen molar-refractivity contribution >= 4 is 22.5 Å². The molecule has 0 aliphatic heterocycles. The highest BCUT2D eigenvalue weighted by Crippen LogP contribution is 2.39. The second kappa shape index (κ2) is 11.5. The Kier molecular flexibility index (Phi) is 7.69. The Labute approximate surface area is 223 Å². The van der Waals surface area contributed by atoms with Crippen LogP contribution in [0.3, 0.4) is 0 Å². The molecule has 9 nitrogen and oxygen atoms in total. The summed E-state index contributed by atoms with van der Waals surface area (Å²) in [5.74, 6) is -1.84. The largest absolute Gasteiger partial charge is 0.493 e. The number of hydrogen-bond donors (Lipinski definition) is 2. The highest BCUT2D eigenvalue weighted by atomic mass is 19.1. The molecule has 0 spiro atoms. The van der Waals surface area contributed by atoms with E-state index >= 15 is 8.78 Å².